The molecule has 0 atom stereocenters. The Hall–Kier alpha value is -0.840. The lowest BCUT2D eigenvalue weighted by molar-refractivity contribution is 0.231. The Morgan fingerprint density at radius 2 is 1.95 bits per heavy atom. The second kappa shape index (κ2) is 6.74. The van der Waals surface area contributed by atoms with Crippen molar-refractivity contribution in [3.8, 4) is 0 Å². The highest BCUT2D eigenvalue weighted by atomic mass is 35.5. The van der Waals surface area contributed by atoms with Crippen LogP contribution in [0.25, 0.3) is 0 Å². The first-order valence-electron chi connectivity index (χ1n) is 7.04. The van der Waals surface area contributed by atoms with Crippen molar-refractivity contribution in [1.82, 2.24) is 4.90 Å². The number of halogens is 1. The summed E-state index contributed by atoms with van der Waals surface area (Å²) in [6.07, 6.45) is 0. The number of hydrogen-bond donors (Lipinski definition) is 1. The van der Waals surface area contributed by atoms with Crippen molar-refractivity contribution >= 4 is 34.5 Å². The molecule has 1 aromatic rings. The van der Waals surface area contributed by atoms with Crippen LogP contribution in [0.1, 0.15) is 19.4 Å². The second-order valence-corrected chi connectivity index (χ2v) is 6.53. The van der Waals surface area contributed by atoms with Crippen LogP contribution in [0.4, 0.5) is 5.69 Å². The van der Waals surface area contributed by atoms with Crippen LogP contribution >= 0.6 is 23.8 Å². The van der Waals surface area contributed by atoms with Gasteiger partial charge >= 0.3 is 0 Å². The first kappa shape index (κ1) is 15.5. The van der Waals surface area contributed by atoms with E-state index in [2.05, 4.69) is 29.7 Å². The van der Waals surface area contributed by atoms with Crippen LogP contribution in [0.3, 0.4) is 0 Å². The van der Waals surface area contributed by atoms with Crippen LogP contribution in [0.15, 0.2) is 18.2 Å². The molecule has 0 radical (unpaired) electrons. The molecule has 1 aliphatic heterocycles. The van der Waals surface area contributed by atoms with Crippen LogP contribution < -0.4 is 10.6 Å². The Labute approximate surface area is 131 Å². The summed E-state index contributed by atoms with van der Waals surface area (Å²) in [4.78, 5) is 5.21. The molecule has 1 fully saturated rings. The van der Waals surface area contributed by atoms with Gasteiger partial charge in [-0.15, -0.1) is 0 Å². The smallest absolute Gasteiger partial charge is 0.107 e. The van der Waals surface area contributed by atoms with Gasteiger partial charge in [0.25, 0.3) is 0 Å². The Morgan fingerprint density at radius 3 is 2.50 bits per heavy atom. The molecular weight excluding hydrogens is 290 g/mol. The van der Waals surface area contributed by atoms with E-state index in [0.717, 1.165) is 44.0 Å². The van der Waals surface area contributed by atoms with E-state index in [9.17, 15) is 0 Å². The van der Waals surface area contributed by atoms with Crippen molar-refractivity contribution in [2.45, 2.75) is 13.8 Å². The number of thiocarbonyl (C=S) groups is 1. The maximum absolute atomic E-state index is 6.24. The Kier molecular flexibility index (Phi) is 5.24. The van der Waals surface area contributed by atoms with Crippen LogP contribution in [0.5, 0.6) is 0 Å². The fourth-order valence-corrected chi connectivity index (χ4v) is 3.25. The number of anilines is 1. The minimum Gasteiger partial charge on any atom is -0.389 e. The lowest BCUT2D eigenvalue weighted by Crippen LogP contribution is -2.47. The van der Waals surface area contributed by atoms with E-state index in [1.165, 1.54) is 0 Å². The van der Waals surface area contributed by atoms with Crippen LogP contribution in [-0.4, -0.2) is 42.6 Å². The van der Waals surface area contributed by atoms with Crippen molar-refractivity contribution in [2.75, 3.05) is 37.6 Å². The molecule has 0 bridgehead atoms. The number of piperazine rings is 1. The molecule has 20 heavy (non-hydrogen) atoms. The summed E-state index contributed by atoms with van der Waals surface area (Å²) < 4.78 is 0. The number of hydrogen-bond acceptors (Lipinski definition) is 3. The highest BCUT2D eigenvalue weighted by Crippen LogP contribution is 2.28. The normalized spacial score (nSPS) is 16.7. The summed E-state index contributed by atoms with van der Waals surface area (Å²) in [6.45, 7) is 9.79. The maximum atomic E-state index is 6.24. The summed E-state index contributed by atoms with van der Waals surface area (Å²) in [5, 5.41) is 0.639. The van der Waals surface area contributed by atoms with E-state index >= 15 is 0 Å². The summed E-state index contributed by atoms with van der Waals surface area (Å²) in [6, 6.07) is 5.85. The molecule has 0 spiro atoms. The lowest BCUT2D eigenvalue weighted by atomic mass is 10.1. The molecule has 0 amide bonds. The third-order valence-corrected chi connectivity index (χ3v) is 4.09. The molecule has 0 unspecified atom stereocenters. The van der Waals surface area contributed by atoms with Gasteiger partial charge in [-0.05, 0) is 18.1 Å². The van der Waals surface area contributed by atoms with Gasteiger partial charge in [0, 0.05) is 38.4 Å². The largest absolute Gasteiger partial charge is 0.389 e. The highest BCUT2D eigenvalue weighted by molar-refractivity contribution is 7.80. The maximum Gasteiger partial charge on any atom is 0.107 e. The average Bonchev–Trinajstić information content (AvgIpc) is 2.38. The molecule has 1 saturated heterocycles. The number of nitrogens with zero attached hydrogens (tertiary/aromatic N) is 2. The standard InChI is InChI=1S/C15H22ClN3S/c1-11(2)10-18-6-8-19(9-7-18)13-5-3-4-12(16)14(13)15(17)20/h3-5,11H,6-10H2,1-2H3,(H2,17,20). The quantitative estimate of drug-likeness (QED) is 0.867. The van der Waals surface area contributed by atoms with Crippen molar-refractivity contribution < 1.29 is 0 Å². The minimum atomic E-state index is 0.371. The monoisotopic (exact) mass is 311 g/mol. The molecule has 3 nitrogen and oxygen atoms in total. The van der Waals surface area contributed by atoms with Gasteiger partial charge in [0.05, 0.1) is 10.6 Å². The second-order valence-electron chi connectivity index (χ2n) is 5.68. The highest BCUT2D eigenvalue weighted by Gasteiger charge is 2.21. The molecule has 0 aromatic heterocycles. The van der Waals surface area contributed by atoms with Crippen molar-refractivity contribution in [3.05, 3.63) is 28.8 Å². The Bertz CT molecular complexity index is 482. The zero-order valence-corrected chi connectivity index (χ0v) is 13.7. The van der Waals surface area contributed by atoms with Gasteiger partial charge in [-0.3, -0.25) is 4.90 Å². The molecule has 0 aliphatic carbocycles. The van der Waals surface area contributed by atoms with Crippen LogP contribution in [-0.2, 0) is 0 Å². The summed E-state index contributed by atoms with van der Waals surface area (Å²) in [5.41, 5.74) is 7.70. The van der Waals surface area contributed by atoms with E-state index in [1.54, 1.807) is 0 Å². The van der Waals surface area contributed by atoms with Gasteiger partial charge in [-0.1, -0.05) is 43.7 Å². The van der Waals surface area contributed by atoms with E-state index < -0.39 is 0 Å². The summed E-state index contributed by atoms with van der Waals surface area (Å²) >= 11 is 11.4. The van der Waals surface area contributed by atoms with Gasteiger partial charge < -0.3 is 10.6 Å². The van der Waals surface area contributed by atoms with E-state index in [1.807, 2.05) is 12.1 Å². The van der Waals surface area contributed by atoms with Gasteiger partial charge in [0.1, 0.15) is 4.99 Å². The fraction of sp³-hybridized carbons (Fsp3) is 0.533. The summed E-state index contributed by atoms with van der Waals surface area (Å²) in [5.74, 6) is 0.708. The Morgan fingerprint density at radius 1 is 1.30 bits per heavy atom. The molecule has 2 N–H and O–H groups in total. The van der Waals surface area contributed by atoms with Crippen molar-refractivity contribution in [3.63, 3.8) is 0 Å². The first-order chi connectivity index (χ1) is 9.49. The third-order valence-electron chi connectivity index (χ3n) is 3.57. The predicted molar refractivity (Wildman–Crippen MR) is 90.8 cm³/mol. The number of rotatable bonds is 4. The summed E-state index contributed by atoms with van der Waals surface area (Å²) in [7, 11) is 0. The van der Waals surface area contributed by atoms with Crippen LogP contribution in [0.2, 0.25) is 5.02 Å². The van der Waals surface area contributed by atoms with Gasteiger partial charge in [0.2, 0.25) is 0 Å². The molecule has 1 aliphatic rings. The molecular formula is C15H22ClN3S. The van der Waals surface area contributed by atoms with E-state index in [0.29, 0.717) is 15.9 Å². The Balaban J connectivity index is 2.11. The van der Waals surface area contributed by atoms with Crippen molar-refractivity contribution in [2.24, 2.45) is 11.7 Å². The van der Waals surface area contributed by atoms with Crippen molar-refractivity contribution in [1.29, 1.82) is 0 Å². The third kappa shape index (κ3) is 3.62. The SMILES string of the molecule is CC(C)CN1CCN(c2cccc(Cl)c2C(N)=S)CC1. The lowest BCUT2D eigenvalue weighted by Gasteiger charge is -2.37. The molecule has 2 rings (SSSR count). The van der Waals surface area contributed by atoms with Gasteiger partial charge in [-0.2, -0.15) is 0 Å². The topological polar surface area (TPSA) is 32.5 Å². The van der Waals surface area contributed by atoms with E-state index in [4.69, 9.17) is 29.6 Å². The molecule has 0 saturated carbocycles. The molecule has 110 valence electrons. The predicted octanol–water partition coefficient (Wildman–Crippen LogP) is 2.75. The zero-order valence-electron chi connectivity index (χ0n) is 12.1. The minimum absolute atomic E-state index is 0.371. The van der Waals surface area contributed by atoms with E-state index in [-0.39, 0.29) is 0 Å². The zero-order chi connectivity index (χ0) is 14.7. The number of benzene rings is 1. The van der Waals surface area contributed by atoms with Gasteiger partial charge in [0.15, 0.2) is 0 Å². The van der Waals surface area contributed by atoms with Gasteiger partial charge in [-0.25, -0.2) is 0 Å². The molecule has 1 heterocycles. The fourth-order valence-electron chi connectivity index (χ4n) is 2.71. The average molecular weight is 312 g/mol. The molecule has 1 aromatic carbocycles. The number of nitrogens with two attached hydrogens (primary N) is 1. The van der Waals surface area contributed by atoms with Crippen LogP contribution in [0, 0.1) is 5.92 Å². The first-order valence-corrected chi connectivity index (χ1v) is 7.83. The molecule has 5 heteroatoms.